The molecule has 1 aromatic heterocycles. The monoisotopic (exact) mass is 229 g/mol. The van der Waals surface area contributed by atoms with Gasteiger partial charge in [-0.1, -0.05) is 24.3 Å². The third kappa shape index (κ3) is 2.61. The number of benzene rings is 1. The summed E-state index contributed by atoms with van der Waals surface area (Å²) in [6.45, 7) is 1.97. The van der Waals surface area contributed by atoms with Gasteiger partial charge >= 0.3 is 5.97 Å². The Hall–Kier alpha value is -1.90. The molecule has 0 radical (unpaired) electrons. The number of pyridine rings is 1. The fourth-order valence-corrected chi connectivity index (χ4v) is 1.93. The first-order valence-electron chi connectivity index (χ1n) is 5.63. The number of ether oxygens (including phenoxy) is 1. The van der Waals surface area contributed by atoms with E-state index >= 15 is 0 Å². The molecule has 0 saturated carbocycles. The number of carbonyl (C=O) groups excluding carboxylic acids is 1. The van der Waals surface area contributed by atoms with Crippen LogP contribution in [0.15, 0.2) is 30.3 Å². The van der Waals surface area contributed by atoms with Crippen LogP contribution >= 0.6 is 0 Å². The van der Waals surface area contributed by atoms with Crippen LogP contribution in [0.1, 0.15) is 17.8 Å². The Kier molecular flexibility index (Phi) is 3.38. The predicted octanol–water partition coefficient (Wildman–Crippen LogP) is 2.65. The minimum absolute atomic E-state index is 0.197. The molecule has 3 heteroatoms. The van der Waals surface area contributed by atoms with E-state index in [0.717, 1.165) is 16.8 Å². The van der Waals surface area contributed by atoms with E-state index in [1.807, 2.05) is 25.1 Å². The Morgan fingerprint density at radius 3 is 2.88 bits per heavy atom. The van der Waals surface area contributed by atoms with Gasteiger partial charge in [0.15, 0.2) is 0 Å². The Morgan fingerprint density at radius 2 is 2.12 bits per heavy atom. The SMILES string of the molecule is COC(=O)CCc1nc(C)cc2ccccc12. The highest BCUT2D eigenvalue weighted by atomic mass is 16.5. The van der Waals surface area contributed by atoms with Crippen LogP contribution in [0, 0.1) is 6.92 Å². The van der Waals surface area contributed by atoms with Crippen molar-refractivity contribution in [2.75, 3.05) is 7.11 Å². The molecule has 0 saturated heterocycles. The van der Waals surface area contributed by atoms with E-state index in [4.69, 9.17) is 0 Å². The zero-order chi connectivity index (χ0) is 12.3. The second-order valence-electron chi connectivity index (χ2n) is 4.01. The van der Waals surface area contributed by atoms with Crippen LogP contribution in [-0.4, -0.2) is 18.1 Å². The summed E-state index contributed by atoms with van der Waals surface area (Å²) in [5.74, 6) is -0.197. The molecule has 0 atom stereocenters. The molecule has 0 spiro atoms. The average Bonchev–Trinajstić information content (AvgIpc) is 2.35. The fourth-order valence-electron chi connectivity index (χ4n) is 1.93. The molecule has 2 rings (SSSR count). The molecule has 17 heavy (non-hydrogen) atoms. The van der Waals surface area contributed by atoms with Crippen LogP contribution in [0.25, 0.3) is 10.8 Å². The van der Waals surface area contributed by atoms with Crippen LogP contribution in [0.2, 0.25) is 0 Å². The van der Waals surface area contributed by atoms with Crippen molar-refractivity contribution >= 4 is 16.7 Å². The van der Waals surface area contributed by atoms with Gasteiger partial charge in [-0.2, -0.15) is 0 Å². The smallest absolute Gasteiger partial charge is 0.305 e. The average molecular weight is 229 g/mol. The maximum Gasteiger partial charge on any atom is 0.305 e. The predicted molar refractivity (Wildman–Crippen MR) is 66.8 cm³/mol. The second-order valence-corrected chi connectivity index (χ2v) is 4.01. The first-order chi connectivity index (χ1) is 8.20. The Bertz CT molecular complexity index is 549. The number of rotatable bonds is 3. The van der Waals surface area contributed by atoms with Crippen LogP contribution < -0.4 is 0 Å². The van der Waals surface area contributed by atoms with Crippen molar-refractivity contribution in [1.82, 2.24) is 4.98 Å². The first kappa shape index (κ1) is 11.6. The van der Waals surface area contributed by atoms with Crippen molar-refractivity contribution in [3.05, 3.63) is 41.7 Å². The lowest BCUT2D eigenvalue weighted by atomic mass is 10.1. The van der Waals surface area contributed by atoms with Crippen LogP contribution in [-0.2, 0) is 16.0 Å². The van der Waals surface area contributed by atoms with E-state index < -0.39 is 0 Å². The Balaban J connectivity index is 2.35. The van der Waals surface area contributed by atoms with Gasteiger partial charge in [0, 0.05) is 23.2 Å². The largest absolute Gasteiger partial charge is 0.469 e. The summed E-state index contributed by atoms with van der Waals surface area (Å²) in [7, 11) is 1.41. The number of aryl methyl sites for hydroxylation is 2. The number of nitrogens with zero attached hydrogens (tertiary/aromatic N) is 1. The molecule has 1 aromatic carbocycles. The van der Waals surface area contributed by atoms with Gasteiger partial charge in [-0.3, -0.25) is 9.78 Å². The van der Waals surface area contributed by atoms with E-state index in [0.29, 0.717) is 12.8 Å². The molecule has 0 unspecified atom stereocenters. The summed E-state index contributed by atoms with van der Waals surface area (Å²) in [6.07, 6.45) is 0.992. The summed E-state index contributed by atoms with van der Waals surface area (Å²) in [5.41, 5.74) is 1.94. The van der Waals surface area contributed by atoms with Gasteiger partial charge in [-0.25, -0.2) is 0 Å². The number of esters is 1. The topological polar surface area (TPSA) is 39.2 Å². The number of aromatic nitrogens is 1. The number of carbonyl (C=O) groups is 1. The van der Waals surface area contributed by atoms with Crippen molar-refractivity contribution in [2.45, 2.75) is 19.8 Å². The molecule has 2 aromatic rings. The zero-order valence-electron chi connectivity index (χ0n) is 10.1. The summed E-state index contributed by atoms with van der Waals surface area (Å²) < 4.78 is 4.65. The Labute approximate surface area is 100 Å². The highest BCUT2D eigenvalue weighted by Crippen LogP contribution is 2.19. The molecule has 0 aliphatic heterocycles. The summed E-state index contributed by atoms with van der Waals surface area (Å²) in [5, 5.41) is 2.28. The highest BCUT2D eigenvalue weighted by Gasteiger charge is 2.07. The standard InChI is InChI=1S/C14H15NO2/c1-10-9-11-5-3-4-6-12(11)13(15-10)7-8-14(16)17-2/h3-6,9H,7-8H2,1-2H3. The van der Waals surface area contributed by atoms with E-state index in [2.05, 4.69) is 21.9 Å². The van der Waals surface area contributed by atoms with Gasteiger partial charge < -0.3 is 4.74 Å². The zero-order valence-corrected chi connectivity index (χ0v) is 10.1. The number of hydrogen-bond donors (Lipinski definition) is 0. The molecule has 88 valence electrons. The van der Waals surface area contributed by atoms with E-state index in [-0.39, 0.29) is 5.97 Å². The maximum absolute atomic E-state index is 11.2. The van der Waals surface area contributed by atoms with Crippen molar-refractivity contribution < 1.29 is 9.53 Å². The van der Waals surface area contributed by atoms with Gasteiger partial charge in [0.1, 0.15) is 0 Å². The lowest BCUT2D eigenvalue weighted by Gasteiger charge is -2.06. The normalized spacial score (nSPS) is 10.5. The second kappa shape index (κ2) is 4.95. The number of fused-ring (bicyclic) bond motifs is 1. The number of hydrogen-bond acceptors (Lipinski definition) is 3. The highest BCUT2D eigenvalue weighted by molar-refractivity contribution is 5.85. The maximum atomic E-state index is 11.2. The van der Waals surface area contributed by atoms with Gasteiger partial charge in [-0.15, -0.1) is 0 Å². The summed E-state index contributed by atoms with van der Waals surface area (Å²) >= 11 is 0. The van der Waals surface area contributed by atoms with Gasteiger partial charge in [0.05, 0.1) is 13.5 Å². The molecule has 0 fully saturated rings. The molecule has 0 bridgehead atoms. The van der Waals surface area contributed by atoms with E-state index in [1.165, 1.54) is 12.5 Å². The van der Waals surface area contributed by atoms with Crippen molar-refractivity contribution in [3.63, 3.8) is 0 Å². The molecule has 0 amide bonds. The third-order valence-electron chi connectivity index (χ3n) is 2.74. The van der Waals surface area contributed by atoms with Crippen LogP contribution in [0.5, 0.6) is 0 Å². The number of methoxy groups -OCH3 is 1. The molecular formula is C14H15NO2. The minimum atomic E-state index is -0.197. The fraction of sp³-hybridized carbons (Fsp3) is 0.286. The quantitative estimate of drug-likeness (QED) is 0.759. The molecule has 0 aliphatic carbocycles. The van der Waals surface area contributed by atoms with Gasteiger partial charge in [0.25, 0.3) is 0 Å². The lowest BCUT2D eigenvalue weighted by Crippen LogP contribution is -2.04. The molecule has 3 nitrogen and oxygen atoms in total. The van der Waals surface area contributed by atoms with Gasteiger partial charge in [0.2, 0.25) is 0 Å². The summed E-state index contributed by atoms with van der Waals surface area (Å²) in [4.78, 5) is 15.7. The van der Waals surface area contributed by atoms with Crippen LogP contribution in [0.4, 0.5) is 0 Å². The lowest BCUT2D eigenvalue weighted by molar-refractivity contribution is -0.140. The van der Waals surface area contributed by atoms with E-state index in [1.54, 1.807) is 0 Å². The first-order valence-corrected chi connectivity index (χ1v) is 5.63. The third-order valence-corrected chi connectivity index (χ3v) is 2.74. The molecular weight excluding hydrogens is 214 g/mol. The molecule has 0 N–H and O–H groups in total. The Morgan fingerprint density at radius 1 is 1.35 bits per heavy atom. The van der Waals surface area contributed by atoms with Crippen molar-refractivity contribution in [2.24, 2.45) is 0 Å². The van der Waals surface area contributed by atoms with E-state index in [9.17, 15) is 4.79 Å². The molecule has 1 heterocycles. The minimum Gasteiger partial charge on any atom is -0.469 e. The van der Waals surface area contributed by atoms with Crippen molar-refractivity contribution in [3.8, 4) is 0 Å². The van der Waals surface area contributed by atoms with Gasteiger partial charge in [-0.05, 0) is 18.4 Å². The molecule has 0 aliphatic rings. The van der Waals surface area contributed by atoms with Crippen molar-refractivity contribution in [1.29, 1.82) is 0 Å². The van der Waals surface area contributed by atoms with Crippen LogP contribution in [0.3, 0.4) is 0 Å². The summed E-state index contributed by atoms with van der Waals surface area (Å²) in [6, 6.07) is 10.1.